The molecule has 0 atom stereocenters. The number of carboxylic acid groups (broad SMARTS) is 1. The molecule has 0 unspecified atom stereocenters. The Balaban J connectivity index is 1.64. The summed E-state index contributed by atoms with van der Waals surface area (Å²) in [6, 6.07) is 21.5. The predicted molar refractivity (Wildman–Crippen MR) is 125 cm³/mol. The topological polar surface area (TPSA) is 79.2 Å². The summed E-state index contributed by atoms with van der Waals surface area (Å²) in [5.41, 5.74) is 5.19. The highest BCUT2D eigenvalue weighted by molar-refractivity contribution is 5.79. The first-order chi connectivity index (χ1) is 15.6. The first-order valence-electron chi connectivity index (χ1n) is 10.9. The molecule has 166 valence electrons. The van der Waals surface area contributed by atoms with Crippen molar-refractivity contribution in [2.75, 3.05) is 31.2 Å². The number of aliphatic hydroxyl groups is 1. The fraction of sp³-hybridized carbons (Fsp3) is 0.269. The van der Waals surface area contributed by atoms with Crippen LogP contribution in [0.3, 0.4) is 0 Å². The highest BCUT2D eigenvalue weighted by Gasteiger charge is 2.14. The molecular formula is C26H27NO5. The number of ether oxygens (including phenoxy) is 2. The van der Waals surface area contributed by atoms with Crippen LogP contribution in [0.1, 0.15) is 19.3 Å². The molecule has 0 aromatic heterocycles. The second kappa shape index (κ2) is 10.2. The summed E-state index contributed by atoms with van der Waals surface area (Å²) in [4.78, 5) is 13.1. The van der Waals surface area contributed by atoms with Crippen LogP contribution < -0.4 is 14.4 Å². The maximum absolute atomic E-state index is 10.7. The minimum absolute atomic E-state index is 0.0860. The van der Waals surface area contributed by atoms with Crippen LogP contribution in [0, 0.1) is 0 Å². The van der Waals surface area contributed by atoms with Gasteiger partial charge in [-0.3, -0.25) is 0 Å². The van der Waals surface area contributed by atoms with E-state index >= 15 is 0 Å². The normalized spacial score (nSPS) is 13.2. The SMILES string of the molecule is O=C(O)Oc1ccc(-c2ccc(OCCCO)c(-c3ccc(N4CCCC4)cc3)c2)cc1. The summed E-state index contributed by atoms with van der Waals surface area (Å²) in [7, 11) is 0. The quantitative estimate of drug-likeness (QED) is 0.280. The number of aliphatic hydroxyl groups excluding tert-OH is 1. The van der Waals surface area contributed by atoms with Crippen molar-refractivity contribution in [3.8, 4) is 33.8 Å². The molecule has 3 aromatic rings. The zero-order valence-electron chi connectivity index (χ0n) is 17.9. The zero-order chi connectivity index (χ0) is 22.3. The highest BCUT2D eigenvalue weighted by Crippen LogP contribution is 2.36. The minimum Gasteiger partial charge on any atom is -0.493 e. The number of hydrogen-bond acceptors (Lipinski definition) is 5. The van der Waals surface area contributed by atoms with Gasteiger partial charge in [0.1, 0.15) is 11.5 Å². The van der Waals surface area contributed by atoms with Gasteiger partial charge in [-0.25, -0.2) is 4.79 Å². The van der Waals surface area contributed by atoms with E-state index in [1.807, 2.05) is 24.3 Å². The molecule has 32 heavy (non-hydrogen) atoms. The molecule has 0 radical (unpaired) electrons. The van der Waals surface area contributed by atoms with Crippen molar-refractivity contribution in [2.24, 2.45) is 0 Å². The monoisotopic (exact) mass is 433 g/mol. The van der Waals surface area contributed by atoms with E-state index in [0.717, 1.165) is 41.1 Å². The lowest BCUT2D eigenvalue weighted by Gasteiger charge is -2.18. The van der Waals surface area contributed by atoms with E-state index < -0.39 is 6.16 Å². The van der Waals surface area contributed by atoms with Gasteiger partial charge in [-0.1, -0.05) is 30.3 Å². The van der Waals surface area contributed by atoms with Crippen molar-refractivity contribution in [3.05, 3.63) is 66.7 Å². The van der Waals surface area contributed by atoms with Gasteiger partial charge in [0.15, 0.2) is 0 Å². The average Bonchev–Trinajstić information content (AvgIpc) is 3.35. The molecule has 1 saturated heterocycles. The van der Waals surface area contributed by atoms with Crippen LogP contribution in [0.2, 0.25) is 0 Å². The van der Waals surface area contributed by atoms with Crippen LogP contribution in [0.25, 0.3) is 22.3 Å². The first kappa shape index (κ1) is 21.7. The molecule has 3 aromatic carbocycles. The lowest BCUT2D eigenvalue weighted by Crippen LogP contribution is -2.17. The van der Waals surface area contributed by atoms with Gasteiger partial charge in [-0.05, 0) is 65.9 Å². The van der Waals surface area contributed by atoms with Crippen molar-refractivity contribution in [1.29, 1.82) is 0 Å². The Hall–Kier alpha value is -3.51. The van der Waals surface area contributed by atoms with Gasteiger partial charge in [0.25, 0.3) is 0 Å². The van der Waals surface area contributed by atoms with E-state index in [2.05, 4.69) is 35.2 Å². The third kappa shape index (κ3) is 5.21. The van der Waals surface area contributed by atoms with E-state index in [1.54, 1.807) is 12.1 Å². The minimum atomic E-state index is -1.33. The molecule has 0 saturated carbocycles. The molecule has 0 amide bonds. The summed E-state index contributed by atoms with van der Waals surface area (Å²) in [5, 5.41) is 17.9. The summed E-state index contributed by atoms with van der Waals surface area (Å²) in [6.45, 7) is 2.73. The van der Waals surface area contributed by atoms with Crippen LogP contribution in [-0.4, -0.2) is 42.7 Å². The van der Waals surface area contributed by atoms with Crippen LogP contribution >= 0.6 is 0 Å². The van der Waals surface area contributed by atoms with Crippen LogP contribution in [0.4, 0.5) is 10.5 Å². The Morgan fingerprint density at radius 2 is 1.53 bits per heavy atom. The molecule has 6 nitrogen and oxygen atoms in total. The van der Waals surface area contributed by atoms with E-state index in [9.17, 15) is 4.79 Å². The maximum Gasteiger partial charge on any atom is 0.511 e. The Morgan fingerprint density at radius 3 is 2.19 bits per heavy atom. The fourth-order valence-corrected chi connectivity index (χ4v) is 3.95. The summed E-state index contributed by atoms with van der Waals surface area (Å²) in [5.74, 6) is 1.05. The van der Waals surface area contributed by atoms with Gasteiger partial charge in [0, 0.05) is 37.4 Å². The standard InChI is InChI=1S/C26H27NO5/c28-16-3-17-31-25-13-8-21(19-6-11-23(12-7-19)32-26(29)30)18-24(25)20-4-9-22(10-5-20)27-14-1-2-15-27/h4-13,18,28H,1-3,14-17H2,(H,29,30). The number of nitrogens with zero attached hydrogens (tertiary/aromatic N) is 1. The highest BCUT2D eigenvalue weighted by atomic mass is 16.7. The Labute approximate surface area is 187 Å². The predicted octanol–water partition coefficient (Wildman–Crippen LogP) is 5.44. The smallest absolute Gasteiger partial charge is 0.493 e. The zero-order valence-corrected chi connectivity index (χ0v) is 17.9. The van der Waals surface area contributed by atoms with Gasteiger partial charge < -0.3 is 24.6 Å². The van der Waals surface area contributed by atoms with Crippen molar-refractivity contribution >= 4 is 11.8 Å². The van der Waals surface area contributed by atoms with E-state index in [0.29, 0.717) is 13.0 Å². The largest absolute Gasteiger partial charge is 0.511 e. The maximum atomic E-state index is 10.7. The molecule has 6 heteroatoms. The van der Waals surface area contributed by atoms with Crippen LogP contribution in [0.15, 0.2) is 66.7 Å². The molecular weight excluding hydrogens is 406 g/mol. The molecule has 2 N–H and O–H groups in total. The molecule has 4 rings (SSSR count). The lowest BCUT2D eigenvalue weighted by molar-refractivity contribution is 0.144. The van der Waals surface area contributed by atoms with Gasteiger partial charge >= 0.3 is 6.16 Å². The number of anilines is 1. The van der Waals surface area contributed by atoms with Gasteiger partial charge in [-0.2, -0.15) is 0 Å². The van der Waals surface area contributed by atoms with E-state index in [4.69, 9.17) is 19.7 Å². The van der Waals surface area contributed by atoms with Gasteiger partial charge in [0.2, 0.25) is 0 Å². The Morgan fingerprint density at radius 1 is 0.875 bits per heavy atom. The summed E-state index contributed by atoms with van der Waals surface area (Å²) in [6.07, 6.45) is 1.72. The first-order valence-corrected chi connectivity index (χ1v) is 10.9. The van der Waals surface area contributed by atoms with Gasteiger partial charge in [-0.15, -0.1) is 0 Å². The van der Waals surface area contributed by atoms with Crippen LogP contribution in [0.5, 0.6) is 11.5 Å². The molecule has 1 aliphatic heterocycles. The van der Waals surface area contributed by atoms with Crippen molar-refractivity contribution < 1.29 is 24.5 Å². The number of hydrogen-bond donors (Lipinski definition) is 2. The third-order valence-electron chi connectivity index (χ3n) is 5.58. The third-order valence-corrected chi connectivity index (χ3v) is 5.58. The molecule has 1 heterocycles. The average molecular weight is 434 g/mol. The molecule has 1 aliphatic rings. The Kier molecular flexibility index (Phi) is 6.92. The molecule has 0 bridgehead atoms. The van der Waals surface area contributed by atoms with E-state index in [-0.39, 0.29) is 12.4 Å². The number of rotatable bonds is 8. The second-order valence-electron chi connectivity index (χ2n) is 7.77. The molecule has 1 fully saturated rings. The molecule has 0 spiro atoms. The fourth-order valence-electron chi connectivity index (χ4n) is 3.95. The van der Waals surface area contributed by atoms with E-state index in [1.165, 1.54) is 18.5 Å². The lowest BCUT2D eigenvalue weighted by atomic mass is 9.97. The summed E-state index contributed by atoms with van der Waals surface area (Å²) >= 11 is 0. The number of carbonyl (C=O) groups is 1. The van der Waals surface area contributed by atoms with Gasteiger partial charge in [0.05, 0.1) is 6.61 Å². The number of benzene rings is 3. The second-order valence-corrected chi connectivity index (χ2v) is 7.77. The van der Waals surface area contributed by atoms with Crippen LogP contribution in [-0.2, 0) is 0 Å². The van der Waals surface area contributed by atoms with Crippen molar-refractivity contribution in [1.82, 2.24) is 0 Å². The summed E-state index contributed by atoms with van der Waals surface area (Å²) < 4.78 is 10.7. The Bertz CT molecular complexity index is 1040. The van der Waals surface area contributed by atoms with Crippen molar-refractivity contribution in [3.63, 3.8) is 0 Å². The van der Waals surface area contributed by atoms with Crippen molar-refractivity contribution in [2.45, 2.75) is 19.3 Å². The molecule has 0 aliphatic carbocycles.